The summed E-state index contributed by atoms with van der Waals surface area (Å²) in [4.78, 5) is 12.4. The molecule has 0 radical (unpaired) electrons. The first-order valence-corrected chi connectivity index (χ1v) is 7.87. The smallest absolute Gasteiger partial charge is 0.255 e. The molecular formula is C17H17BrN2O. The van der Waals surface area contributed by atoms with Gasteiger partial charge in [-0.1, -0.05) is 22.0 Å². The molecule has 1 aliphatic heterocycles. The molecule has 2 aromatic rings. The van der Waals surface area contributed by atoms with Gasteiger partial charge >= 0.3 is 0 Å². The van der Waals surface area contributed by atoms with Crippen molar-refractivity contribution in [2.45, 2.75) is 19.8 Å². The van der Waals surface area contributed by atoms with Crippen molar-refractivity contribution in [1.82, 2.24) is 0 Å². The molecule has 0 unspecified atom stereocenters. The Morgan fingerprint density at radius 2 is 2.10 bits per heavy atom. The summed E-state index contributed by atoms with van der Waals surface area (Å²) in [5.41, 5.74) is 4.93. The van der Waals surface area contributed by atoms with Crippen LogP contribution in [0, 0.1) is 6.92 Å². The van der Waals surface area contributed by atoms with E-state index in [1.54, 1.807) is 0 Å². The van der Waals surface area contributed by atoms with Gasteiger partial charge in [-0.3, -0.25) is 4.79 Å². The molecule has 0 saturated carbocycles. The van der Waals surface area contributed by atoms with Crippen LogP contribution in [0.25, 0.3) is 0 Å². The van der Waals surface area contributed by atoms with Crippen LogP contribution in [-0.4, -0.2) is 12.5 Å². The lowest BCUT2D eigenvalue weighted by molar-refractivity contribution is 0.102. The molecule has 2 aromatic carbocycles. The molecule has 0 spiro atoms. The first kappa shape index (κ1) is 14.1. The number of carbonyl (C=O) groups is 1. The van der Waals surface area contributed by atoms with Gasteiger partial charge in [0.2, 0.25) is 0 Å². The van der Waals surface area contributed by atoms with Gasteiger partial charge in [0, 0.05) is 28.0 Å². The second kappa shape index (κ2) is 5.90. The van der Waals surface area contributed by atoms with Crippen molar-refractivity contribution in [3.8, 4) is 0 Å². The number of aryl methyl sites for hydroxylation is 2. The Kier molecular flexibility index (Phi) is 3.97. The maximum absolute atomic E-state index is 12.4. The molecule has 0 bridgehead atoms. The fraction of sp³-hybridized carbons (Fsp3) is 0.235. The average Bonchev–Trinajstić information content (AvgIpc) is 2.47. The summed E-state index contributed by atoms with van der Waals surface area (Å²) < 4.78 is 0.981. The van der Waals surface area contributed by atoms with E-state index in [1.807, 2.05) is 37.3 Å². The van der Waals surface area contributed by atoms with Crippen molar-refractivity contribution in [1.29, 1.82) is 0 Å². The number of nitrogens with one attached hydrogen (secondary N) is 2. The van der Waals surface area contributed by atoms with Crippen LogP contribution in [-0.2, 0) is 6.42 Å². The van der Waals surface area contributed by atoms with Crippen molar-refractivity contribution in [3.63, 3.8) is 0 Å². The first-order chi connectivity index (χ1) is 10.1. The lowest BCUT2D eigenvalue weighted by Gasteiger charge is -2.19. The van der Waals surface area contributed by atoms with Crippen LogP contribution >= 0.6 is 15.9 Å². The number of halogens is 1. The topological polar surface area (TPSA) is 41.1 Å². The summed E-state index contributed by atoms with van der Waals surface area (Å²) in [6.45, 7) is 2.93. The van der Waals surface area contributed by atoms with E-state index < -0.39 is 0 Å². The third-order valence-electron chi connectivity index (χ3n) is 3.74. The largest absolute Gasteiger partial charge is 0.385 e. The fourth-order valence-electron chi connectivity index (χ4n) is 2.62. The molecule has 0 aromatic heterocycles. The van der Waals surface area contributed by atoms with Gasteiger partial charge in [0.15, 0.2) is 0 Å². The average molecular weight is 345 g/mol. The highest BCUT2D eigenvalue weighted by Gasteiger charge is 2.12. The first-order valence-electron chi connectivity index (χ1n) is 7.08. The molecule has 21 heavy (non-hydrogen) atoms. The monoisotopic (exact) mass is 344 g/mol. The molecule has 2 N–H and O–H groups in total. The zero-order valence-corrected chi connectivity index (χ0v) is 13.5. The number of benzene rings is 2. The van der Waals surface area contributed by atoms with E-state index in [9.17, 15) is 4.79 Å². The van der Waals surface area contributed by atoms with Gasteiger partial charge in [-0.15, -0.1) is 0 Å². The van der Waals surface area contributed by atoms with Crippen LogP contribution in [0.3, 0.4) is 0 Å². The van der Waals surface area contributed by atoms with Crippen molar-refractivity contribution >= 4 is 33.2 Å². The van der Waals surface area contributed by atoms with E-state index >= 15 is 0 Å². The summed E-state index contributed by atoms with van der Waals surface area (Å²) in [5, 5.41) is 6.35. The Labute approximate surface area is 132 Å². The van der Waals surface area contributed by atoms with Gasteiger partial charge in [0.25, 0.3) is 5.91 Å². The van der Waals surface area contributed by atoms with Gasteiger partial charge in [-0.25, -0.2) is 0 Å². The van der Waals surface area contributed by atoms with Crippen LogP contribution in [0.2, 0.25) is 0 Å². The molecule has 108 valence electrons. The van der Waals surface area contributed by atoms with E-state index in [-0.39, 0.29) is 5.91 Å². The van der Waals surface area contributed by atoms with E-state index in [1.165, 1.54) is 5.56 Å². The fourth-order valence-corrected chi connectivity index (χ4v) is 3.09. The predicted molar refractivity (Wildman–Crippen MR) is 90.1 cm³/mol. The second-order valence-corrected chi connectivity index (χ2v) is 6.23. The predicted octanol–water partition coefficient (Wildman–Crippen LogP) is 4.37. The lowest BCUT2D eigenvalue weighted by Crippen LogP contribution is -2.15. The quantitative estimate of drug-likeness (QED) is 0.849. The van der Waals surface area contributed by atoms with E-state index in [0.29, 0.717) is 5.56 Å². The van der Waals surface area contributed by atoms with Crippen molar-refractivity contribution in [3.05, 3.63) is 57.6 Å². The molecule has 0 aliphatic carbocycles. The number of anilines is 2. The van der Waals surface area contributed by atoms with Gasteiger partial charge in [-0.2, -0.15) is 0 Å². The molecule has 1 amide bonds. The van der Waals surface area contributed by atoms with Crippen LogP contribution < -0.4 is 10.6 Å². The highest BCUT2D eigenvalue weighted by molar-refractivity contribution is 9.10. The molecule has 4 heteroatoms. The molecule has 0 atom stereocenters. The standard InChI is InChI=1S/C17H17BrN2O/c1-11-9-13(18)5-7-15(11)17(21)20-14-6-4-12-3-2-8-19-16(12)10-14/h4-7,9-10,19H,2-3,8H2,1H3,(H,20,21). The summed E-state index contributed by atoms with van der Waals surface area (Å²) in [5.74, 6) is -0.0734. The molecule has 0 fully saturated rings. The summed E-state index contributed by atoms with van der Waals surface area (Å²) in [6, 6.07) is 11.7. The number of fused-ring (bicyclic) bond motifs is 1. The van der Waals surface area contributed by atoms with Crippen LogP contribution in [0.15, 0.2) is 40.9 Å². The molecule has 0 saturated heterocycles. The van der Waals surface area contributed by atoms with Crippen LogP contribution in [0.1, 0.15) is 27.9 Å². The van der Waals surface area contributed by atoms with E-state index in [2.05, 4.69) is 32.6 Å². The Balaban J connectivity index is 1.81. The number of rotatable bonds is 2. The van der Waals surface area contributed by atoms with Crippen LogP contribution in [0.4, 0.5) is 11.4 Å². The zero-order chi connectivity index (χ0) is 14.8. The lowest BCUT2D eigenvalue weighted by atomic mass is 10.0. The molecule has 3 rings (SSSR count). The van der Waals surface area contributed by atoms with Crippen molar-refractivity contribution in [2.24, 2.45) is 0 Å². The summed E-state index contributed by atoms with van der Waals surface area (Å²) >= 11 is 3.41. The minimum Gasteiger partial charge on any atom is -0.385 e. The summed E-state index contributed by atoms with van der Waals surface area (Å²) in [7, 11) is 0. The number of amides is 1. The highest BCUT2D eigenvalue weighted by atomic mass is 79.9. The Morgan fingerprint density at radius 3 is 2.90 bits per heavy atom. The maximum atomic E-state index is 12.4. The number of carbonyl (C=O) groups excluding carboxylic acids is 1. The Hall–Kier alpha value is -1.81. The minimum absolute atomic E-state index is 0.0734. The normalized spacial score (nSPS) is 13.2. The molecule has 1 aliphatic rings. The third-order valence-corrected chi connectivity index (χ3v) is 4.23. The SMILES string of the molecule is Cc1cc(Br)ccc1C(=O)Nc1ccc2c(c1)NCCC2. The third kappa shape index (κ3) is 3.10. The highest BCUT2D eigenvalue weighted by Crippen LogP contribution is 2.26. The molecule has 1 heterocycles. The maximum Gasteiger partial charge on any atom is 0.255 e. The number of hydrogen-bond acceptors (Lipinski definition) is 2. The Bertz CT molecular complexity index is 697. The number of hydrogen-bond donors (Lipinski definition) is 2. The van der Waals surface area contributed by atoms with E-state index in [0.717, 1.165) is 40.8 Å². The van der Waals surface area contributed by atoms with Crippen molar-refractivity contribution < 1.29 is 4.79 Å². The Morgan fingerprint density at radius 1 is 1.24 bits per heavy atom. The van der Waals surface area contributed by atoms with E-state index in [4.69, 9.17) is 0 Å². The van der Waals surface area contributed by atoms with Gasteiger partial charge in [0.1, 0.15) is 0 Å². The molecular weight excluding hydrogens is 328 g/mol. The second-order valence-electron chi connectivity index (χ2n) is 5.32. The van der Waals surface area contributed by atoms with Gasteiger partial charge in [0.05, 0.1) is 0 Å². The van der Waals surface area contributed by atoms with Crippen LogP contribution in [0.5, 0.6) is 0 Å². The molecule has 3 nitrogen and oxygen atoms in total. The summed E-state index contributed by atoms with van der Waals surface area (Å²) in [6.07, 6.45) is 2.26. The zero-order valence-electron chi connectivity index (χ0n) is 11.9. The van der Waals surface area contributed by atoms with Gasteiger partial charge in [-0.05, 0) is 61.2 Å². The van der Waals surface area contributed by atoms with Gasteiger partial charge < -0.3 is 10.6 Å². The minimum atomic E-state index is -0.0734. The van der Waals surface area contributed by atoms with Crippen molar-refractivity contribution in [2.75, 3.05) is 17.2 Å².